The van der Waals surface area contributed by atoms with Crippen molar-refractivity contribution in [2.24, 2.45) is 0 Å². The normalized spacial score (nSPS) is 19.7. The van der Waals surface area contributed by atoms with Crippen molar-refractivity contribution < 1.29 is 22.8 Å². The quantitative estimate of drug-likeness (QED) is 0.899. The molecule has 1 unspecified atom stereocenters. The summed E-state index contributed by atoms with van der Waals surface area (Å²) in [6.07, 6.45) is 1.31. The lowest BCUT2D eigenvalue weighted by Gasteiger charge is -2.27. The molecular formula is C17H15F2N3O3. The van der Waals surface area contributed by atoms with Gasteiger partial charge in [0, 0.05) is 31.0 Å². The summed E-state index contributed by atoms with van der Waals surface area (Å²) in [6.45, 7) is 0.701. The molecule has 4 rings (SSSR count). The zero-order valence-corrected chi connectivity index (χ0v) is 13.2. The third kappa shape index (κ3) is 2.99. The van der Waals surface area contributed by atoms with Crippen LogP contribution >= 0.6 is 0 Å². The number of fused-ring (bicyclic) bond motifs is 1. The summed E-state index contributed by atoms with van der Waals surface area (Å²) in [5.74, 6) is -0.934. The van der Waals surface area contributed by atoms with E-state index in [9.17, 15) is 18.4 Å². The monoisotopic (exact) mass is 347 g/mol. The number of halogens is 2. The van der Waals surface area contributed by atoms with E-state index in [1.165, 1.54) is 0 Å². The van der Waals surface area contributed by atoms with Gasteiger partial charge in [0.05, 0.1) is 6.54 Å². The highest BCUT2D eigenvalue weighted by Gasteiger charge is 2.33. The van der Waals surface area contributed by atoms with Crippen molar-refractivity contribution in [2.75, 3.05) is 6.54 Å². The lowest BCUT2D eigenvalue weighted by Crippen LogP contribution is -2.46. The minimum absolute atomic E-state index is 0.118. The van der Waals surface area contributed by atoms with Gasteiger partial charge in [0.25, 0.3) is 0 Å². The van der Waals surface area contributed by atoms with Gasteiger partial charge in [-0.2, -0.15) is 0 Å². The average Bonchev–Trinajstić information content (AvgIpc) is 3.18. The Morgan fingerprint density at radius 2 is 2.00 bits per heavy atom. The lowest BCUT2D eigenvalue weighted by molar-refractivity contribution is -0.135. The molecule has 1 atom stereocenters. The molecule has 2 aliphatic heterocycles. The second-order valence-electron chi connectivity index (χ2n) is 6.22. The van der Waals surface area contributed by atoms with Gasteiger partial charge in [-0.25, -0.2) is 13.8 Å². The number of oxazole rings is 1. The summed E-state index contributed by atoms with van der Waals surface area (Å²) in [5, 5.41) is 2.66. The molecule has 2 amide bonds. The van der Waals surface area contributed by atoms with Crippen molar-refractivity contribution in [3.05, 3.63) is 41.3 Å². The summed E-state index contributed by atoms with van der Waals surface area (Å²) in [4.78, 5) is 29.7. The summed E-state index contributed by atoms with van der Waals surface area (Å²) in [5.41, 5.74) is 0.788. The molecule has 2 aromatic rings. The number of amides is 2. The number of hydrogen-bond donors (Lipinski definition) is 1. The first-order valence-electron chi connectivity index (χ1n) is 8.03. The minimum atomic E-state index is -0.708. The first-order chi connectivity index (χ1) is 12.0. The Bertz CT molecular complexity index is 845. The smallest absolute Gasteiger partial charge is 0.245 e. The number of aromatic nitrogens is 1. The average molecular weight is 347 g/mol. The zero-order valence-electron chi connectivity index (χ0n) is 13.2. The number of nitrogens with one attached hydrogen (secondary N) is 1. The molecule has 2 aliphatic rings. The number of hydrogen-bond acceptors (Lipinski definition) is 4. The molecule has 1 fully saturated rings. The van der Waals surface area contributed by atoms with Gasteiger partial charge >= 0.3 is 0 Å². The molecule has 0 saturated carbocycles. The Labute approximate surface area is 141 Å². The van der Waals surface area contributed by atoms with E-state index in [4.69, 9.17) is 4.42 Å². The maximum Gasteiger partial charge on any atom is 0.245 e. The third-order valence-corrected chi connectivity index (χ3v) is 4.44. The van der Waals surface area contributed by atoms with E-state index >= 15 is 0 Å². The van der Waals surface area contributed by atoms with Gasteiger partial charge in [0.15, 0.2) is 0 Å². The van der Waals surface area contributed by atoms with Crippen LogP contribution in [0.3, 0.4) is 0 Å². The second-order valence-corrected chi connectivity index (χ2v) is 6.22. The highest BCUT2D eigenvalue weighted by molar-refractivity contribution is 5.90. The molecule has 1 saturated heterocycles. The topological polar surface area (TPSA) is 75.4 Å². The SMILES string of the molecule is O=C1CCC(C(=O)N2CCc3oc(-c4cc(F)cc(F)c4)nc3C2)N1. The van der Waals surface area contributed by atoms with Crippen molar-refractivity contribution in [2.45, 2.75) is 31.8 Å². The summed E-state index contributed by atoms with van der Waals surface area (Å²) in [7, 11) is 0. The molecule has 0 bridgehead atoms. The molecule has 0 aliphatic carbocycles. The minimum Gasteiger partial charge on any atom is -0.441 e. The highest BCUT2D eigenvalue weighted by Crippen LogP contribution is 2.28. The van der Waals surface area contributed by atoms with Gasteiger partial charge in [-0.3, -0.25) is 9.59 Å². The van der Waals surface area contributed by atoms with Gasteiger partial charge < -0.3 is 14.6 Å². The van der Waals surface area contributed by atoms with Crippen LogP contribution < -0.4 is 5.32 Å². The van der Waals surface area contributed by atoms with Crippen molar-refractivity contribution in [3.63, 3.8) is 0 Å². The number of rotatable bonds is 2. The van der Waals surface area contributed by atoms with Gasteiger partial charge in [-0.1, -0.05) is 0 Å². The van der Waals surface area contributed by atoms with Gasteiger partial charge in [-0.15, -0.1) is 0 Å². The highest BCUT2D eigenvalue weighted by atomic mass is 19.1. The lowest BCUT2D eigenvalue weighted by atomic mass is 10.1. The van der Waals surface area contributed by atoms with Crippen LogP contribution in [0.2, 0.25) is 0 Å². The van der Waals surface area contributed by atoms with Crippen molar-refractivity contribution >= 4 is 11.8 Å². The first kappa shape index (κ1) is 15.7. The van der Waals surface area contributed by atoms with Crippen molar-refractivity contribution in [1.29, 1.82) is 0 Å². The van der Waals surface area contributed by atoms with Crippen molar-refractivity contribution in [1.82, 2.24) is 15.2 Å². The number of carbonyl (C=O) groups excluding carboxylic acids is 2. The van der Waals surface area contributed by atoms with Crippen LogP contribution in [0.25, 0.3) is 11.5 Å². The summed E-state index contributed by atoms with van der Waals surface area (Å²) >= 11 is 0. The maximum atomic E-state index is 13.4. The molecule has 1 aromatic carbocycles. The molecule has 1 aromatic heterocycles. The van der Waals surface area contributed by atoms with Crippen LogP contribution in [0.1, 0.15) is 24.3 Å². The van der Waals surface area contributed by atoms with E-state index in [1.54, 1.807) is 4.90 Å². The number of nitrogens with zero attached hydrogens (tertiary/aromatic N) is 2. The van der Waals surface area contributed by atoms with Crippen LogP contribution in [0.15, 0.2) is 22.6 Å². The van der Waals surface area contributed by atoms with E-state index in [1.807, 2.05) is 0 Å². The predicted molar refractivity (Wildman–Crippen MR) is 82.1 cm³/mol. The van der Waals surface area contributed by atoms with Gasteiger partial charge in [0.2, 0.25) is 17.7 Å². The van der Waals surface area contributed by atoms with Crippen LogP contribution in [0, 0.1) is 11.6 Å². The van der Waals surface area contributed by atoms with E-state index in [0.29, 0.717) is 37.3 Å². The molecular weight excluding hydrogens is 332 g/mol. The Balaban J connectivity index is 1.55. The summed E-state index contributed by atoms with van der Waals surface area (Å²) < 4.78 is 32.4. The predicted octanol–water partition coefficient (Wildman–Crippen LogP) is 1.78. The van der Waals surface area contributed by atoms with Crippen LogP contribution in [-0.4, -0.2) is 34.3 Å². The Kier molecular flexibility index (Phi) is 3.74. The fourth-order valence-electron chi connectivity index (χ4n) is 3.21. The van der Waals surface area contributed by atoms with Crippen LogP contribution in [0.5, 0.6) is 0 Å². The van der Waals surface area contributed by atoms with E-state index in [0.717, 1.165) is 18.2 Å². The van der Waals surface area contributed by atoms with Gasteiger partial charge in [0.1, 0.15) is 29.1 Å². The largest absolute Gasteiger partial charge is 0.441 e. The van der Waals surface area contributed by atoms with Crippen LogP contribution in [0.4, 0.5) is 8.78 Å². The zero-order chi connectivity index (χ0) is 17.6. The molecule has 8 heteroatoms. The summed E-state index contributed by atoms with van der Waals surface area (Å²) in [6, 6.07) is 2.59. The standard InChI is InChI=1S/C17H15F2N3O3/c18-10-5-9(6-11(19)7-10)16-21-13-8-22(4-3-14(13)25-16)17(24)12-1-2-15(23)20-12/h5-7,12H,1-4,8H2,(H,20,23). The first-order valence-corrected chi connectivity index (χ1v) is 8.03. The van der Waals surface area contributed by atoms with Gasteiger partial charge in [-0.05, 0) is 18.6 Å². The molecule has 25 heavy (non-hydrogen) atoms. The Morgan fingerprint density at radius 3 is 2.68 bits per heavy atom. The molecule has 1 N–H and O–H groups in total. The van der Waals surface area contributed by atoms with E-state index in [2.05, 4.69) is 10.3 Å². The second kappa shape index (κ2) is 5.94. The number of benzene rings is 1. The third-order valence-electron chi connectivity index (χ3n) is 4.44. The van der Waals surface area contributed by atoms with E-state index < -0.39 is 17.7 Å². The fraction of sp³-hybridized carbons (Fsp3) is 0.353. The Hall–Kier alpha value is -2.77. The molecule has 0 spiro atoms. The van der Waals surface area contributed by atoms with Crippen molar-refractivity contribution in [3.8, 4) is 11.5 Å². The molecule has 0 radical (unpaired) electrons. The molecule has 6 nitrogen and oxygen atoms in total. The Morgan fingerprint density at radius 1 is 1.24 bits per heavy atom. The van der Waals surface area contributed by atoms with E-state index in [-0.39, 0.29) is 29.8 Å². The maximum absolute atomic E-state index is 13.4. The molecule has 130 valence electrons. The van der Waals surface area contributed by atoms with Crippen LogP contribution in [-0.2, 0) is 22.6 Å². The number of carbonyl (C=O) groups is 2. The fourth-order valence-corrected chi connectivity index (χ4v) is 3.21. The molecule has 3 heterocycles.